The summed E-state index contributed by atoms with van der Waals surface area (Å²) in [7, 11) is 0. The van der Waals surface area contributed by atoms with E-state index in [2.05, 4.69) is 10.6 Å². The quantitative estimate of drug-likeness (QED) is 0.530. The van der Waals surface area contributed by atoms with Gasteiger partial charge in [-0.25, -0.2) is 0 Å². The molecular weight excluding hydrogens is 188 g/mol. The van der Waals surface area contributed by atoms with Crippen molar-refractivity contribution in [3.8, 4) is 0 Å². The van der Waals surface area contributed by atoms with Gasteiger partial charge in [-0.1, -0.05) is 0 Å². The first-order chi connectivity index (χ1) is 6.43. The smallest absolute Gasteiger partial charge is 0.310 e. The second kappa shape index (κ2) is 5.95. The molecule has 14 heavy (non-hydrogen) atoms. The van der Waals surface area contributed by atoms with Crippen molar-refractivity contribution in [2.45, 2.75) is 13.8 Å². The normalized spacial score (nSPS) is 9.64. The predicted octanol–water partition coefficient (Wildman–Crippen LogP) is -1.04. The Bertz CT molecular complexity index is 221. The van der Waals surface area contributed by atoms with Crippen LogP contribution < -0.4 is 10.6 Å². The van der Waals surface area contributed by atoms with Crippen LogP contribution in [0, 0.1) is 5.92 Å². The molecule has 0 heterocycles. The number of hydrogen-bond donors (Lipinski definition) is 3. The number of nitrogens with one attached hydrogen (secondary N) is 2. The van der Waals surface area contributed by atoms with E-state index >= 15 is 0 Å². The van der Waals surface area contributed by atoms with Crippen LogP contribution in [0.5, 0.6) is 0 Å². The lowest BCUT2D eigenvalue weighted by atomic mass is 10.1. The molecule has 0 aromatic rings. The zero-order chi connectivity index (χ0) is 11.1. The average molecular weight is 202 g/mol. The van der Waals surface area contributed by atoms with E-state index in [4.69, 9.17) is 5.11 Å². The molecule has 0 radical (unpaired) electrons. The van der Waals surface area contributed by atoms with E-state index in [0.717, 1.165) is 0 Å². The Morgan fingerprint density at radius 2 is 1.43 bits per heavy atom. The Morgan fingerprint density at radius 1 is 1.07 bits per heavy atom. The van der Waals surface area contributed by atoms with Crippen LogP contribution in [0.4, 0.5) is 0 Å². The number of amides is 2. The van der Waals surface area contributed by atoms with E-state index in [1.165, 1.54) is 13.8 Å². The lowest BCUT2D eigenvalue weighted by molar-refractivity contribution is -0.141. The van der Waals surface area contributed by atoms with E-state index in [1.54, 1.807) is 0 Å². The molecule has 0 atom stereocenters. The Morgan fingerprint density at radius 3 is 1.64 bits per heavy atom. The Balaban J connectivity index is 3.96. The summed E-state index contributed by atoms with van der Waals surface area (Å²) in [5.41, 5.74) is 0. The molecule has 0 spiro atoms. The van der Waals surface area contributed by atoms with Gasteiger partial charge in [-0.15, -0.1) is 0 Å². The molecule has 0 unspecified atom stereocenters. The van der Waals surface area contributed by atoms with Crippen LogP contribution in [0.15, 0.2) is 0 Å². The highest BCUT2D eigenvalue weighted by atomic mass is 16.4. The van der Waals surface area contributed by atoms with E-state index in [-0.39, 0.29) is 24.9 Å². The van der Waals surface area contributed by atoms with Gasteiger partial charge in [0.25, 0.3) is 0 Å². The molecule has 2 amide bonds. The van der Waals surface area contributed by atoms with E-state index in [9.17, 15) is 14.4 Å². The zero-order valence-electron chi connectivity index (χ0n) is 8.16. The lowest BCUT2D eigenvalue weighted by Gasteiger charge is -2.12. The molecule has 0 bridgehead atoms. The zero-order valence-corrected chi connectivity index (χ0v) is 8.16. The van der Waals surface area contributed by atoms with Gasteiger partial charge in [-0.3, -0.25) is 14.4 Å². The molecule has 80 valence electrons. The van der Waals surface area contributed by atoms with Gasteiger partial charge in [0.1, 0.15) is 0 Å². The number of carboxylic acids is 1. The fourth-order valence-corrected chi connectivity index (χ4v) is 0.781. The first-order valence-corrected chi connectivity index (χ1v) is 4.15. The van der Waals surface area contributed by atoms with Gasteiger partial charge in [0.2, 0.25) is 11.8 Å². The average Bonchev–Trinajstić information content (AvgIpc) is 2.02. The Hall–Kier alpha value is -1.59. The molecule has 0 fully saturated rings. The minimum Gasteiger partial charge on any atom is -0.481 e. The minimum absolute atomic E-state index is 0.0188. The Kier molecular flexibility index (Phi) is 5.28. The minimum atomic E-state index is -1.05. The molecule has 0 aliphatic heterocycles. The summed E-state index contributed by atoms with van der Waals surface area (Å²) in [6.45, 7) is 2.64. The van der Waals surface area contributed by atoms with Crippen LogP contribution in [0.3, 0.4) is 0 Å². The summed E-state index contributed by atoms with van der Waals surface area (Å²) in [6.07, 6.45) is 0. The third-order valence-electron chi connectivity index (χ3n) is 1.54. The van der Waals surface area contributed by atoms with Gasteiger partial charge in [-0.05, 0) is 0 Å². The van der Waals surface area contributed by atoms with Gasteiger partial charge >= 0.3 is 5.97 Å². The maximum absolute atomic E-state index is 10.6. The van der Waals surface area contributed by atoms with Crippen LogP contribution >= 0.6 is 0 Å². The van der Waals surface area contributed by atoms with Crippen LogP contribution in [0.25, 0.3) is 0 Å². The van der Waals surface area contributed by atoms with Crippen molar-refractivity contribution in [3.05, 3.63) is 0 Å². The third kappa shape index (κ3) is 5.99. The SMILES string of the molecule is CC(=O)NCC(CNC(C)=O)C(=O)O. The molecule has 0 saturated heterocycles. The summed E-state index contributed by atoms with van der Waals surface area (Å²) in [5.74, 6) is -2.42. The van der Waals surface area contributed by atoms with Crippen LogP contribution in [0.2, 0.25) is 0 Å². The molecule has 0 aromatic carbocycles. The predicted molar refractivity (Wildman–Crippen MR) is 48.5 cm³/mol. The summed E-state index contributed by atoms with van der Waals surface area (Å²) in [6, 6.07) is 0. The van der Waals surface area contributed by atoms with E-state index < -0.39 is 11.9 Å². The van der Waals surface area contributed by atoms with Crippen molar-refractivity contribution in [3.63, 3.8) is 0 Å². The number of rotatable bonds is 5. The molecule has 0 aliphatic carbocycles. The standard InChI is InChI=1S/C8H14N2O4/c1-5(11)9-3-7(8(13)14)4-10-6(2)12/h7H,3-4H2,1-2H3,(H,9,11)(H,10,12)(H,13,14). The monoisotopic (exact) mass is 202 g/mol. The molecule has 6 nitrogen and oxygen atoms in total. The van der Waals surface area contributed by atoms with Gasteiger partial charge < -0.3 is 15.7 Å². The molecule has 0 aliphatic rings. The summed E-state index contributed by atoms with van der Waals surface area (Å²) in [5, 5.41) is 13.5. The van der Waals surface area contributed by atoms with Crippen molar-refractivity contribution in [1.29, 1.82) is 0 Å². The highest BCUT2D eigenvalue weighted by Crippen LogP contribution is 1.92. The molecule has 6 heteroatoms. The fraction of sp³-hybridized carbons (Fsp3) is 0.625. The second-order valence-corrected chi connectivity index (χ2v) is 2.91. The number of carboxylic acid groups (broad SMARTS) is 1. The first kappa shape index (κ1) is 12.4. The summed E-state index contributed by atoms with van der Waals surface area (Å²) in [4.78, 5) is 31.7. The van der Waals surface area contributed by atoms with Crippen molar-refractivity contribution in [2.24, 2.45) is 5.92 Å². The molecular formula is C8H14N2O4. The largest absolute Gasteiger partial charge is 0.481 e. The number of carbonyl (C=O) groups excluding carboxylic acids is 2. The molecule has 0 aromatic heterocycles. The van der Waals surface area contributed by atoms with Crippen LogP contribution in [-0.2, 0) is 14.4 Å². The third-order valence-corrected chi connectivity index (χ3v) is 1.54. The van der Waals surface area contributed by atoms with Gasteiger partial charge in [0, 0.05) is 26.9 Å². The van der Waals surface area contributed by atoms with E-state index in [0.29, 0.717) is 0 Å². The van der Waals surface area contributed by atoms with Crippen molar-refractivity contribution in [2.75, 3.05) is 13.1 Å². The first-order valence-electron chi connectivity index (χ1n) is 4.15. The van der Waals surface area contributed by atoms with Crippen molar-refractivity contribution in [1.82, 2.24) is 10.6 Å². The van der Waals surface area contributed by atoms with Gasteiger partial charge in [0.15, 0.2) is 0 Å². The highest BCUT2D eigenvalue weighted by Gasteiger charge is 2.17. The van der Waals surface area contributed by atoms with Crippen LogP contribution in [-0.4, -0.2) is 36.0 Å². The number of aliphatic carboxylic acids is 1. The number of carbonyl (C=O) groups is 3. The maximum Gasteiger partial charge on any atom is 0.310 e. The topological polar surface area (TPSA) is 95.5 Å². The van der Waals surface area contributed by atoms with Crippen LogP contribution in [0.1, 0.15) is 13.8 Å². The van der Waals surface area contributed by atoms with Gasteiger partial charge in [0.05, 0.1) is 5.92 Å². The van der Waals surface area contributed by atoms with Crippen molar-refractivity contribution < 1.29 is 19.5 Å². The molecule has 0 saturated carbocycles. The van der Waals surface area contributed by atoms with Crippen molar-refractivity contribution >= 4 is 17.8 Å². The van der Waals surface area contributed by atoms with E-state index in [1.807, 2.05) is 0 Å². The number of hydrogen-bond acceptors (Lipinski definition) is 3. The highest BCUT2D eigenvalue weighted by molar-refractivity contribution is 5.76. The summed E-state index contributed by atoms with van der Waals surface area (Å²) < 4.78 is 0. The maximum atomic E-state index is 10.6. The fourth-order valence-electron chi connectivity index (χ4n) is 0.781. The lowest BCUT2D eigenvalue weighted by Crippen LogP contribution is -2.39. The second-order valence-electron chi connectivity index (χ2n) is 2.91. The summed E-state index contributed by atoms with van der Waals surface area (Å²) >= 11 is 0. The Labute approximate surface area is 81.7 Å². The molecule has 3 N–H and O–H groups in total. The van der Waals surface area contributed by atoms with Gasteiger partial charge in [-0.2, -0.15) is 0 Å². The molecule has 0 rings (SSSR count).